The van der Waals surface area contributed by atoms with E-state index < -0.39 is 5.92 Å². The smallest absolute Gasteiger partial charge is 0.316 e. The molecule has 1 saturated heterocycles. The highest BCUT2D eigenvalue weighted by molar-refractivity contribution is 5.78. The minimum Gasteiger partial charge on any atom is -0.462 e. The second kappa shape index (κ2) is 5.11. The van der Waals surface area contributed by atoms with Gasteiger partial charge in [0.15, 0.2) is 0 Å². The zero-order chi connectivity index (χ0) is 14.4. The summed E-state index contributed by atoms with van der Waals surface area (Å²) in [6, 6.07) is 9.35. The van der Waals surface area contributed by atoms with Crippen LogP contribution in [0.15, 0.2) is 30.3 Å². The fourth-order valence-electron chi connectivity index (χ4n) is 4.13. The van der Waals surface area contributed by atoms with Crippen LogP contribution in [0.25, 0.3) is 0 Å². The summed E-state index contributed by atoms with van der Waals surface area (Å²) in [4.78, 5) is 12.4. The first kappa shape index (κ1) is 13.3. The molecule has 5 unspecified atom stereocenters. The normalized spacial score (nSPS) is 37.7. The highest BCUT2D eigenvalue weighted by atomic mass is 16.6. The first-order chi connectivity index (χ1) is 10.3. The van der Waals surface area contributed by atoms with Crippen molar-refractivity contribution in [3.05, 3.63) is 35.9 Å². The molecular formula is C17H20O4. The summed E-state index contributed by atoms with van der Waals surface area (Å²) < 4.78 is 11.3. The van der Waals surface area contributed by atoms with Crippen LogP contribution in [0.3, 0.4) is 0 Å². The molecule has 0 aromatic heterocycles. The van der Waals surface area contributed by atoms with Gasteiger partial charge in [-0.05, 0) is 36.7 Å². The zero-order valence-electron chi connectivity index (χ0n) is 11.9. The number of esters is 1. The molecule has 2 saturated carbocycles. The molecule has 1 aromatic rings. The van der Waals surface area contributed by atoms with E-state index in [0.717, 1.165) is 18.4 Å². The van der Waals surface area contributed by atoms with Gasteiger partial charge in [0.2, 0.25) is 0 Å². The van der Waals surface area contributed by atoms with Gasteiger partial charge in [-0.25, -0.2) is 0 Å². The standard InChI is InChI=1S/C17H20O4/c18-9-14(10-4-2-1-3-5-10)17(19)20-13-7-11-6-12(8-13)16-15(11)21-16/h1-5,11-16,18H,6-9H2/t11-,12?,13?,14?,15?,16?/m0/s1. The Morgan fingerprint density at radius 2 is 1.86 bits per heavy atom. The number of aliphatic hydroxyl groups is 1. The van der Waals surface area contributed by atoms with Crippen LogP contribution in [0, 0.1) is 11.8 Å². The van der Waals surface area contributed by atoms with Crippen molar-refractivity contribution in [3.8, 4) is 0 Å². The first-order valence-electron chi connectivity index (χ1n) is 7.78. The predicted molar refractivity (Wildman–Crippen MR) is 75.6 cm³/mol. The summed E-state index contributed by atoms with van der Waals surface area (Å²) in [7, 11) is 0. The minimum absolute atomic E-state index is 0.00425. The Labute approximate surface area is 124 Å². The van der Waals surface area contributed by atoms with Crippen molar-refractivity contribution < 1.29 is 19.4 Å². The third-order valence-corrected chi connectivity index (χ3v) is 5.18. The van der Waals surface area contributed by atoms with Crippen molar-refractivity contribution >= 4 is 5.97 Å². The number of aliphatic hydroxyl groups excluding tert-OH is 1. The summed E-state index contributed by atoms with van der Waals surface area (Å²) in [5.74, 6) is 0.257. The van der Waals surface area contributed by atoms with E-state index >= 15 is 0 Å². The average molecular weight is 288 g/mol. The Hall–Kier alpha value is -1.39. The topological polar surface area (TPSA) is 59.1 Å². The van der Waals surface area contributed by atoms with Gasteiger partial charge in [-0.2, -0.15) is 0 Å². The summed E-state index contributed by atoms with van der Waals surface area (Å²) in [6.07, 6.45) is 3.91. The van der Waals surface area contributed by atoms with Crippen LogP contribution < -0.4 is 0 Å². The lowest BCUT2D eigenvalue weighted by atomic mass is 9.85. The molecule has 0 amide bonds. The van der Waals surface area contributed by atoms with E-state index in [9.17, 15) is 9.90 Å². The maximum absolute atomic E-state index is 12.4. The molecule has 1 aliphatic heterocycles. The van der Waals surface area contributed by atoms with Gasteiger partial charge >= 0.3 is 5.97 Å². The van der Waals surface area contributed by atoms with Gasteiger partial charge in [-0.15, -0.1) is 0 Å². The lowest BCUT2D eigenvalue weighted by molar-refractivity contribution is -0.155. The van der Waals surface area contributed by atoms with E-state index in [2.05, 4.69) is 0 Å². The van der Waals surface area contributed by atoms with E-state index in [1.165, 1.54) is 6.42 Å². The number of benzene rings is 1. The van der Waals surface area contributed by atoms with Gasteiger partial charge in [0.25, 0.3) is 0 Å². The second-order valence-corrected chi connectivity index (χ2v) is 6.50. The van der Waals surface area contributed by atoms with Gasteiger partial charge in [-0.1, -0.05) is 30.3 Å². The van der Waals surface area contributed by atoms with Gasteiger partial charge in [-0.3, -0.25) is 4.79 Å². The molecule has 4 heteroatoms. The van der Waals surface area contributed by atoms with Crippen molar-refractivity contribution in [1.82, 2.24) is 0 Å². The lowest BCUT2D eigenvalue weighted by Gasteiger charge is -2.30. The highest BCUT2D eigenvalue weighted by Crippen LogP contribution is 2.54. The van der Waals surface area contributed by atoms with Crippen molar-refractivity contribution in [2.24, 2.45) is 11.8 Å². The first-order valence-corrected chi connectivity index (χ1v) is 7.78. The van der Waals surface area contributed by atoms with E-state index in [1.54, 1.807) is 0 Å². The van der Waals surface area contributed by atoms with Gasteiger partial charge < -0.3 is 14.6 Å². The van der Waals surface area contributed by atoms with Crippen molar-refractivity contribution in [2.45, 2.75) is 43.5 Å². The SMILES string of the molecule is O=C(OC1CC2C[C@@H](C1)C1OC21)C(CO)c1ccccc1. The molecule has 0 spiro atoms. The predicted octanol–water partition coefficient (Wildman–Crippen LogP) is 1.87. The third-order valence-electron chi connectivity index (χ3n) is 5.18. The number of ether oxygens (including phenoxy) is 2. The Morgan fingerprint density at radius 1 is 1.19 bits per heavy atom. The Bertz CT molecular complexity index is 513. The minimum atomic E-state index is -0.573. The highest BCUT2D eigenvalue weighted by Gasteiger charge is 2.59. The van der Waals surface area contributed by atoms with Crippen LogP contribution in [0.1, 0.15) is 30.7 Å². The molecule has 4 nitrogen and oxygen atoms in total. The molecule has 3 fully saturated rings. The van der Waals surface area contributed by atoms with Crippen LogP contribution in [0.5, 0.6) is 0 Å². The number of hydrogen-bond donors (Lipinski definition) is 1. The van der Waals surface area contributed by atoms with E-state index in [4.69, 9.17) is 9.47 Å². The summed E-state index contributed by atoms with van der Waals surface area (Å²) >= 11 is 0. The molecule has 112 valence electrons. The van der Waals surface area contributed by atoms with Crippen LogP contribution >= 0.6 is 0 Å². The molecule has 4 rings (SSSR count). The van der Waals surface area contributed by atoms with Crippen LogP contribution in [-0.4, -0.2) is 36.0 Å². The van der Waals surface area contributed by atoms with Gasteiger partial charge in [0.1, 0.15) is 12.0 Å². The molecule has 6 atom stereocenters. The molecule has 2 aliphatic carbocycles. The Kier molecular flexibility index (Phi) is 3.23. The summed E-state index contributed by atoms with van der Waals surface area (Å²) in [5, 5.41) is 9.52. The van der Waals surface area contributed by atoms with Crippen LogP contribution in [-0.2, 0) is 14.3 Å². The number of epoxide rings is 1. The summed E-state index contributed by atoms with van der Waals surface area (Å²) in [6.45, 7) is -0.212. The van der Waals surface area contributed by atoms with Gasteiger partial charge in [0.05, 0.1) is 18.8 Å². The monoisotopic (exact) mass is 288 g/mol. The second-order valence-electron chi connectivity index (χ2n) is 6.50. The fraction of sp³-hybridized carbons (Fsp3) is 0.588. The molecule has 1 N–H and O–H groups in total. The molecule has 21 heavy (non-hydrogen) atoms. The number of carbonyl (C=O) groups excluding carboxylic acids is 1. The maximum atomic E-state index is 12.4. The molecule has 0 radical (unpaired) electrons. The van der Waals surface area contributed by atoms with Gasteiger partial charge in [0, 0.05) is 0 Å². The van der Waals surface area contributed by atoms with E-state index in [1.807, 2.05) is 30.3 Å². The average Bonchev–Trinajstić information content (AvgIpc) is 3.25. The zero-order valence-corrected chi connectivity index (χ0v) is 11.9. The molecule has 3 aliphatic rings. The van der Waals surface area contributed by atoms with E-state index in [0.29, 0.717) is 24.0 Å². The molecule has 1 heterocycles. The number of rotatable bonds is 4. The molecular weight excluding hydrogens is 268 g/mol. The number of hydrogen-bond acceptors (Lipinski definition) is 4. The maximum Gasteiger partial charge on any atom is 0.316 e. The molecule has 1 aromatic carbocycles. The fourth-order valence-corrected chi connectivity index (χ4v) is 4.13. The van der Waals surface area contributed by atoms with Crippen molar-refractivity contribution in [2.75, 3.05) is 6.61 Å². The Balaban J connectivity index is 1.41. The third kappa shape index (κ3) is 2.36. The van der Waals surface area contributed by atoms with Crippen LogP contribution in [0.4, 0.5) is 0 Å². The van der Waals surface area contributed by atoms with E-state index in [-0.39, 0.29) is 18.7 Å². The quantitative estimate of drug-likeness (QED) is 0.679. The lowest BCUT2D eigenvalue weighted by Crippen LogP contribution is -2.32. The number of fused-ring (bicyclic) bond motifs is 5. The number of carbonyl (C=O) groups is 1. The van der Waals surface area contributed by atoms with Crippen molar-refractivity contribution in [1.29, 1.82) is 0 Å². The molecule has 2 bridgehead atoms. The largest absolute Gasteiger partial charge is 0.462 e. The Morgan fingerprint density at radius 3 is 2.48 bits per heavy atom. The van der Waals surface area contributed by atoms with Crippen LogP contribution in [0.2, 0.25) is 0 Å². The van der Waals surface area contributed by atoms with Crippen molar-refractivity contribution in [3.63, 3.8) is 0 Å². The summed E-state index contributed by atoms with van der Waals surface area (Å²) in [5.41, 5.74) is 0.815.